The molecule has 7 nitrogen and oxygen atoms in total. The molecule has 0 radical (unpaired) electrons. The molecule has 8 heteroatoms. The third kappa shape index (κ3) is 2.74. The summed E-state index contributed by atoms with van der Waals surface area (Å²) in [6, 6.07) is 0.0225. The number of aromatic amines is 1. The Bertz CT molecular complexity index is 504. The van der Waals surface area contributed by atoms with Gasteiger partial charge in [-0.3, -0.25) is 4.79 Å². The number of ether oxygens (including phenoxy) is 1. The van der Waals surface area contributed by atoms with Gasteiger partial charge in [0.25, 0.3) is 5.56 Å². The van der Waals surface area contributed by atoms with Gasteiger partial charge in [0.2, 0.25) is 0 Å². The average molecular weight is 364 g/mol. The smallest absolute Gasteiger partial charge is 0.407 e. The van der Waals surface area contributed by atoms with Crippen LogP contribution in [0.15, 0.2) is 11.1 Å². The van der Waals surface area contributed by atoms with E-state index in [2.05, 4.69) is 20.0 Å². The molecule has 1 aliphatic heterocycles. The molecule has 2 rings (SSSR count). The summed E-state index contributed by atoms with van der Waals surface area (Å²) in [6.45, 7) is 1.38. The highest BCUT2D eigenvalue weighted by Gasteiger charge is 2.26. The van der Waals surface area contributed by atoms with Crippen LogP contribution in [0.5, 0.6) is 0 Å². The van der Waals surface area contributed by atoms with Crippen LogP contribution in [-0.4, -0.2) is 42.3 Å². The van der Waals surface area contributed by atoms with Crippen molar-refractivity contribution in [3.63, 3.8) is 0 Å². The van der Waals surface area contributed by atoms with E-state index in [1.54, 1.807) is 0 Å². The van der Waals surface area contributed by atoms with E-state index in [1.165, 1.54) is 13.4 Å². The third-order valence-corrected chi connectivity index (χ3v) is 3.75. The van der Waals surface area contributed by atoms with Crippen LogP contribution in [0.4, 0.5) is 10.6 Å². The number of nitrogens with one attached hydrogen (secondary N) is 2. The Balaban J connectivity index is 2.07. The number of H-pyrrole nitrogens is 1. The van der Waals surface area contributed by atoms with Crippen LogP contribution in [-0.2, 0) is 4.74 Å². The lowest BCUT2D eigenvalue weighted by Gasteiger charge is -2.18. The largest absolute Gasteiger partial charge is 0.453 e. The van der Waals surface area contributed by atoms with E-state index in [4.69, 9.17) is 0 Å². The Morgan fingerprint density at radius 1 is 1.72 bits per heavy atom. The molecule has 1 aliphatic rings. The zero-order valence-electron chi connectivity index (χ0n) is 9.77. The van der Waals surface area contributed by atoms with Gasteiger partial charge in [0, 0.05) is 13.1 Å². The van der Waals surface area contributed by atoms with Crippen molar-refractivity contribution >= 4 is 34.5 Å². The van der Waals surface area contributed by atoms with Crippen LogP contribution in [0.1, 0.15) is 6.42 Å². The van der Waals surface area contributed by atoms with Crippen molar-refractivity contribution in [2.24, 2.45) is 0 Å². The standard InChI is InChI=1S/C10H13IN4O3/c1-18-10(17)14-6-2-3-15(4-6)8-7(11)9(16)13-5-12-8/h5-6H,2-4H2,1H3,(H,14,17)(H,12,13,16). The number of halogens is 1. The summed E-state index contributed by atoms with van der Waals surface area (Å²) in [4.78, 5) is 31.3. The quantitative estimate of drug-likeness (QED) is 0.738. The number of alkyl carbamates (subject to hydrolysis) is 1. The lowest BCUT2D eigenvalue weighted by Crippen LogP contribution is -2.37. The van der Waals surface area contributed by atoms with Crippen LogP contribution in [0, 0.1) is 3.57 Å². The predicted molar refractivity (Wildman–Crippen MR) is 73.7 cm³/mol. The summed E-state index contributed by atoms with van der Waals surface area (Å²) in [7, 11) is 1.34. The summed E-state index contributed by atoms with van der Waals surface area (Å²) in [5.74, 6) is 0.661. The minimum atomic E-state index is -0.435. The van der Waals surface area contributed by atoms with Gasteiger partial charge in [-0.15, -0.1) is 0 Å². The monoisotopic (exact) mass is 364 g/mol. The molecule has 0 saturated carbocycles. The van der Waals surface area contributed by atoms with Gasteiger partial charge in [0.1, 0.15) is 9.39 Å². The van der Waals surface area contributed by atoms with E-state index in [-0.39, 0.29) is 11.6 Å². The van der Waals surface area contributed by atoms with Gasteiger partial charge >= 0.3 is 6.09 Å². The lowest BCUT2D eigenvalue weighted by molar-refractivity contribution is 0.167. The second-order valence-electron chi connectivity index (χ2n) is 3.94. The molecule has 98 valence electrons. The zero-order valence-corrected chi connectivity index (χ0v) is 11.9. The first kappa shape index (κ1) is 13.1. The summed E-state index contributed by atoms with van der Waals surface area (Å²) in [5.41, 5.74) is -0.148. The van der Waals surface area contributed by atoms with Gasteiger partial charge < -0.3 is 19.9 Å². The topological polar surface area (TPSA) is 87.3 Å². The maximum Gasteiger partial charge on any atom is 0.407 e. The maximum atomic E-state index is 11.5. The highest BCUT2D eigenvalue weighted by molar-refractivity contribution is 14.1. The first-order chi connectivity index (χ1) is 8.61. The van der Waals surface area contributed by atoms with Gasteiger partial charge in [-0.2, -0.15) is 0 Å². The average Bonchev–Trinajstić information content (AvgIpc) is 2.80. The van der Waals surface area contributed by atoms with Gasteiger partial charge in [-0.1, -0.05) is 0 Å². The van der Waals surface area contributed by atoms with Gasteiger partial charge in [-0.05, 0) is 29.0 Å². The van der Waals surface area contributed by atoms with Gasteiger partial charge in [0.15, 0.2) is 0 Å². The predicted octanol–water partition coefficient (Wildman–Crippen LogP) is 0.309. The second kappa shape index (κ2) is 5.55. The zero-order chi connectivity index (χ0) is 13.1. The summed E-state index contributed by atoms with van der Waals surface area (Å²) >= 11 is 1.97. The van der Waals surface area contributed by atoms with Crippen molar-refractivity contribution in [3.8, 4) is 0 Å². The number of nitrogens with zero attached hydrogens (tertiary/aromatic N) is 2. The number of carbonyl (C=O) groups excluding carboxylic acids is 1. The Morgan fingerprint density at radius 2 is 2.50 bits per heavy atom. The molecule has 1 aromatic heterocycles. The fourth-order valence-corrected chi connectivity index (χ4v) is 2.53. The second-order valence-corrected chi connectivity index (χ2v) is 5.02. The molecule has 1 amide bonds. The van der Waals surface area contributed by atoms with Crippen molar-refractivity contribution in [2.75, 3.05) is 25.1 Å². The molecule has 18 heavy (non-hydrogen) atoms. The van der Waals surface area contributed by atoms with E-state index in [1.807, 2.05) is 27.5 Å². The minimum absolute atomic E-state index is 0.0225. The van der Waals surface area contributed by atoms with E-state index in [0.29, 0.717) is 15.9 Å². The van der Waals surface area contributed by atoms with E-state index in [0.717, 1.165) is 13.0 Å². The molecule has 1 saturated heterocycles. The number of hydrogen-bond donors (Lipinski definition) is 2. The summed E-state index contributed by atoms with van der Waals surface area (Å²) in [6.07, 6.45) is 1.76. The van der Waals surface area contributed by atoms with E-state index < -0.39 is 6.09 Å². The highest BCUT2D eigenvalue weighted by atomic mass is 127. The normalized spacial score (nSPS) is 18.8. The summed E-state index contributed by atoms with van der Waals surface area (Å²) < 4.78 is 5.12. The Hall–Kier alpha value is -1.32. The van der Waals surface area contributed by atoms with Crippen LogP contribution in [0.25, 0.3) is 0 Å². The molecule has 2 heterocycles. The number of rotatable bonds is 2. The number of carbonyl (C=O) groups is 1. The van der Waals surface area contributed by atoms with Crippen LogP contribution < -0.4 is 15.8 Å². The van der Waals surface area contributed by atoms with Crippen molar-refractivity contribution in [1.82, 2.24) is 15.3 Å². The Kier molecular flexibility index (Phi) is 4.04. The molecule has 0 aromatic carbocycles. The first-order valence-electron chi connectivity index (χ1n) is 5.44. The molecule has 1 atom stereocenters. The number of anilines is 1. The van der Waals surface area contributed by atoms with Crippen LogP contribution in [0.3, 0.4) is 0 Å². The number of hydrogen-bond acceptors (Lipinski definition) is 5. The highest BCUT2D eigenvalue weighted by Crippen LogP contribution is 2.20. The molecule has 1 unspecified atom stereocenters. The fraction of sp³-hybridized carbons (Fsp3) is 0.500. The number of methoxy groups -OCH3 is 1. The molecule has 0 aliphatic carbocycles. The SMILES string of the molecule is COC(=O)NC1CCN(c2nc[nH]c(=O)c2I)C1. The number of aromatic nitrogens is 2. The van der Waals surface area contributed by atoms with Crippen molar-refractivity contribution < 1.29 is 9.53 Å². The van der Waals surface area contributed by atoms with Crippen molar-refractivity contribution in [3.05, 3.63) is 20.3 Å². The maximum absolute atomic E-state index is 11.5. The van der Waals surface area contributed by atoms with Crippen LogP contribution in [0.2, 0.25) is 0 Å². The van der Waals surface area contributed by atoms with E-state index in [9.17, 15) is 9.59 Å². The number of amides is 1. The van der Waals surface area contributed by atoms with Crippen molar-refractivity contribution in [2.45, 2.75) is 12.5 Å². The molecule has 1 fully saturated rings. The van der Waals surface area contributed by atoms with Crippen molar-refractivity contribution in [1.29, 1.82) is 0 Å². The Morgan fingerprint density at radius 3 is 3.22 bits per heavy atom. The summed E-state index contributed by atoms with van der Waals surface area (Å²) in [5, 5.41) is 2.74. The van der Waals surface area contributed by atoms with E-state index >= 15 is 0 Å². The fourth-order valence-electron chi connectivity index (χ4n) is 1.89. The molecular weight excluding hydrogens is 351 g/mol. The lowest BCUT2D eigenvalue weighted by atomic mass is 10.3. The Labute approximate surface area is 117 Å². The molecule has 1 aromatic rings. The molecular formula is C10H13IN4O3. The third-order valence-electron chi connectivity index (χ3n) is 2.77. The van der Waals surface area contributed by atoms with Crippen LogP contribution >= 0.6 is 22.6 Å². The van der Waals surface area contributed by atoms with Gasteiger partial charge in [0.05, 0.1) is 19.5 Å². The minimum Gasteiger partial charge on any atom is -0.453 e. The molecule has 0 bridgehead atoms. The van der Waals surface area contributed by atoms with Gasteiger partial charge in [-0.25, -0.2) is 9.78 Å². The molecule has 0 spiro atoms. The molecule has 2 N–H and O–H groups in total. The first-order valence-corrected chi connectivity index (χ1v) is 6.52.